The zero-order chi connectivity index (χ0) is 17.9. The number of carbonyl (C=O) groups is 2. The predicted octanol–water partition coefficient (Wildman–Crippen LogP) is 4.14. The van der Waals surface area contributed by atoms with Gasteiger partial charge in [-0.05, 0) is 43.9 Å². The molecule has 136 valence electrons. The molecule has 0 heterocycles. The molecule has 0 radical (unpaired) electrons. The lowest BCUT2D eigenvalue weighted by molar-refractivity contribution is -0.146. The van der Waals surface area contributed by atoms with E-state index < -0.39 is 12.1 Å². The minimum Gasteiger partial charge on any atom is -0.479 e. The summed E-state index contributed by atoms with van der Waals surface area (Å²) >= 11 is 0. The summed E-state index contributed by atoms with van der Waals surface area (Å²) in [6.07, 6.45) is 13.6. The number of hydrogen-bond donors (Lipinski definition) is 2. The Kier molecular flexibility index (Phi) is 9.62. The Bertz CT molecular complexity index is 453. The Labute approximate surface area is 145 Å². The van der Waals surface area contributed by atoms with Gasteiger partial charge in [-0.2, -0.15) is 0 Å². The summed E-state index contributed by atoms with van der Waals surface area (Å²) in [7, 11) is 0. The molecule has 2 unspecified atom stereocenters. The Morgan fingerprint density at radius 2 is 2.04 bits per heavy atom. The van der Waals surface area contributed by atoms with Crippen molar-refractivity contribution in [3.05, 3.63) is 24.3 Å². The van der Waals surface area contributed by atoms with Gasteiger partial charge in [0.1, 0.15) is 5.78 Å². The van der Waals surface area contributed by atoms with Crippen LogP contribution in [0.2, 0.25) is 0 Å². The van der Waals surface area contributed by atoms with Crippen LogP contribution in [0.25, 0.3) is 0 Å². The molecule has 1 fully saturated rings. The largest absolute Gasteiger partial charge is 0.479 e. The Morgan fingerprint density at radius 3 is 2.71 bits per heavy atom. The third-order valence-electron chi connectivity index (χ3n) is 4.81. The molecule has 1 rings (SSSR count). The van der Waals surface area contributed by atoms with E-state index in [1.54, 1.807) is 0 Å². The number of rotatable bonds is 11. The van der Waals surface area contributed by atoms with E-state index in [0.29, 0.717) is 36.9 Å². The van der Waals surface area contributed by atoms with Gasteiger partial charge in [-0.15, -0.1) is 0 Å². The number of carboxylic acid groups (broad SMARTS) is 1. The third kappa shape index (κ3) is 7.43. The molecule has 1 aliphatic carbocycles. The van der Waals surface area contributed by atoms with Gasteiger partial charge in [-0.3, -0.25) is 4.79 Å². The van der Waals surface area contributed by atoms with Crippen molar-refractivity contribution in [1.82, 2.24) is 0 Å². The van der Waals surface area contributed by atoms with Crippen LogP contribution in [0.15, 0.2) is 24.3 Å². The first-order valence-electron chi connectivity index (χ1n) is 9.20. The fraction of sp³-hybridized carbons (Fsp3) is 0.700. The van der Waals surface area contributed by atoms with E-state index in [1.807, 2.05) is 12.2 Å². The van der Waals surface area contributed by atoms with Gasteiger partial charge in [-0.1, -0.05) is 51.0 Å². The van der Waals surface area contributed by atoms with Crippen LogP contribution < -0.4 is 0 Å². The Balaban J connectivity index is 2.39. The normalized spacial score (nSPS) is 24.0. The maximum absolute atomic E-state index is 12.1. The molecule has 0 bridgehead atoms. The van der Waals surface area contributed by atoms with Gasteiger partial charge < -0.3 is 10.2 Å². The number of ketones is 1. The number of hydrogen-bond acceptors (Lipinski definition) is 3. The second-order valence-corrected chi connectivity index (χ2v) is 6.97. The van der Waals surface area contributed by atoms with Gasteiger partial charge in [-0.25, -0.2) is 4.79 Å². The lowest BCUT2D eigenvalue weighted by Crippen LogP contribution is -2.18. The third-order valence-corrected chi connectivity index (χ3v) is 4.81. The fourth-order valence-electron chi connectivity index (χ4n) is 3.31. The molecule has 0 aromatic carbocycles. The molecule has 24 heavy (non-hydrogen) atoms. The first kappa shape index (κ1) is 20.6. The van der Waals surface area contributed by atoms with Gasteiger partial charge in [0.15, 0.2) is 6.10 Å². The van der Waals surface area contributed by atoms with Gasteiger partial charge in [0.2, 0.25) is 0 Å². The van der Waals surface area contributed by atoms with Crippen molar-refractivity contribution >= 4 is 11.8 Å². The minimum atomic E-state index is -1.30. The number of Topliss-reactive ketones (excluding diaryl/α,β-unsaturated/α-hetero) is 1. The van der Waals surface area contributed by atoms with Crippen LogP contribution >= 0.6 is 0 Å². The summed E-state index contributed by atoms with van der Waals surface area (Å²) in [4.78, 5) is 22.6. The van der Waals surface area contributed by atoms with Gasteiger partial charge in [0.25, 0.3) is 0 Å². The standard InChI is InChI=1S/C20H32O4/c1-3-8-15(2)9-7-10-16-13-14-18(21)17(16)11-5-4-6-12-19(22)20(23)24/h4-5,7,10,15-17,19,22H,3,6,8-9,11-14H2,1-2H3,(H,23,24)/t15?,16-,17+,19?/m0/s1. The van der Waals surface area contributed by atoms with Crippen LogP contribution in [-0.4, -0.2) is 28.1 Å². The highest BCUT2D eigenvalue weighted by atomic mass is 16.4. The van der Waals surface area contributed by atoms with Crippen molar-refractivity contribution in [3.63, 3.8) is 0 Å². The number of carboxylic acids is 1. The van der Waals surface area contributed by atoms with E-state index in [4.69, 9.17) is 5.11 Å². The lowest BCUT2D eigenvalue weighted by Gasteiger charge is -2.13. The highest BCUT2D eigenvalue weighted by molar-refractivity contribution is 5.83. The maximum atomic E-state index is 12.1. The SMILES string of the molecule is CCCC(C)CC=C[C@H]1CCC(=O)[C@@H]1CC=CCCC(O)C(=O)O. The summed E-state index contributed by atoms with van der Waals surface area (Å²) in [6, 6.07) is 0. The van der Waals surface area contributed by atoms with Crippen LogP contribution in [0.5, 0.6) is 0 Å². The molecule has 0 aliphatic heterocycles. The number of aliphatic carboxylic acids is 1. The summed E-state index contributed by atoms with van der Waals surface area (Å²) in [6.45, 7) is 4.47. The zero-order valence-corrected chi connectivity index (χ0v) is 15.0. The van der Waals surface area contributed by atoms with Gasteiger partial charge in [0.05, 0.1) is 0 Å². The molecule has 1 saturated carbocycles. The molecule has 4 heteroatoms. The van der Waals surface area contributed by atoms with Crippen LogP contribution in [-0.2, 0) is 9.59 Å². The van der Waals surface area contributed by atoms with Crippen molar-refractivity contribution in [2.45, 2.75) is 71.3 Å². The lowest BCUT2D eigenvalue weighted by atomic mass is 9.90. The topological polar surface area (TPSA) is 74.6 Å². The molecular weight excluding hydrogens is 304 g/mol. The van der Waals surface area contributed by atoms with Crippen LogP contribution in [0.3, 0.4) is 0 Å². The minimum absolute atomic E-state index is 0.0587. The second-order valence-electron chi connectivity index (χ2n) is 6.97. The van der Waals surface area contributed by atoms with E-state index in [9.17, 15) is 14.7 Å². The quantitative estimate of drug-likeness (QED) is 0.556. The number of carbonyl (C=O) groups excluding carboxylic acids is 1. The maximum Gasteiger partial charge on any atom is 0.332 e. The predicted molar refractivity (Wildman–Crippen MR) is 95.7 cm³/mol. The second kappa shape index (κ2) is 11.2. The highest BCUT2D eigenvalue weighted by Gasteiger charge is 2.31. The van der Waals surface area contributed by atoms with E-state index >= 15 is 0 Å². The molecule has 2 N–H and O–H groups in total. The van der Waals surface area contributed by atoms with Crippen LogP contribution in [0, 0.1) is 17.8 Å². The Hall–Kier alpha value is -1.42. The molecule has 1 aliphatic rings. The first-order valence-corrected chi connectivity index (χ1v) is 9.20. The van der Waals surface area contributed by atoms with Crippen molar-refractivity contribution in [2.24, 2.45) is 17.8 Å². The molecule has 4 atom stereocenters. The van der Waals surface area contributed by atoms with Gasteiger partial charge >= 0.3 is 5.97 Å². The molecule has 4 nitrogen and oxygen atoms in total. The first-order chi connectivity index (χ1) is 11.5. The fourth-order valence-corrected chi connectivity index (χ4v) is 3.31. The van der Waals surface area contributed by atoms with E-state index in [2.05, 4.69) is 26.0 Å². The summed E-state index contributed by atoms with van der Waals surface area (Å²) in [5, 5.41) is 17.8. The summed E-state index contributed by atoms with van der Waals surface area (Å²) in [5.41, 5.74) is 0. The van der Waals surface area contributed by atoms with Crippen molar-refractivity contribution in [3.8, 4) is 0 Å². The van der Waals surface area contributed by atoms with Crippen molar-refractivity contribution in [1.29, 1.82) is 0 Å². The summed E-state index contributed by atoms with van der Waals surface area (Å²) in [5.74, 6) is 0.240. The number of allylic oxidation sites excluding steroid dienone is 4. The molecule has 0 amide bonds. The van der Waals surface area contributed by atoms with Crippen molar-refractivity contribution < 1.29 is 19.8 Å². The molecular formula is C20H32O4. The molecule has 0 aromatic heterocycles. The van der Waals surface area contributed by atoms with E-state index in [-0.39, 0.29) is 12.3 Å². The van der Waals surface area contributed by atoms with Gasteiger partial charge in [0, 0.05) is 12.3 Å². The van der Waals surface area contributed by atoms with E-state index in [1.165, 1.54) is 12.8 Å². The highest BCUT2D eigenvalue weighted by Crippen LogP contribution is 2.33. The average molecular weight is 336 g/mol. The Morgan fingerprint density at radius 1 is 1.29 bits per heavy atom. The van der Waals surface area contributed by atoms with Crippen molar-refractivity contribution in [2.75, 3.05) is 0 Å². The zero-order valence-electron chi connectivity index (χ0n) is 15.0. The number of aliphatic hydroxyl groups is 1. The monoisotopic (exact) mass is 336 g/mol. The molecule has 0 spiro atoms. The van der Waals surface area contributed by atoms with Crippen LogP contribution in [0.4, 0.5) is 0 Å². The van der Waals surface area contributed by atoms with Crippen LogP contribution in [0.1, 0.15) is 65.2 Å². The number of aliphatic hydroxyl groups excluding tert-OH is 1. The smallest absolute Gasteiger partial charge is 0.332 e. The molecule has 0 aromatic rings. The summed E-state index contributed by atoms with van der Waals surface area (Å²) < 4.78 is 0. The average Bonchev–Trinajstić information content (AvgIpc) is 2.87. The van der Waals surface area contributed by atoms with E-state index in [0.717, 1.165) is 12.8 Å². The molecule has 0 saturated heterocycles.